The standard InChI is InChI=1S/C17H24N2O3/c1-11-5-3-8-14(18)13-7-4-6-12(9-13)10-15(17(21)22-2)19-16(11)20/h4,6-7,9,11,14-15H,3,5,8,10,18H2,1-2H3,(H,19,20). The van der Waals surface area contributed by atoms with Crippen LogP contribution in [0.2, 0.25) is 0 Å². The van der Waals surface area contributed by atoms with Gasteiger partial charge in [0.15, 0.2) is 0 Å². The molecular weight excluding hydrogens is 280 g/mol. The van der Waals surface area contributed by atoms with Gasteiger partial charge in [0, 0.05) is 18.4 Å². The lowest BCUT2D eigenvalue weighted by Gasteiger charge is -2.22. The first-order chi connectivity index (χ1) is 10.5. The molecule has 0 aromatic heterocycles. The average Bonchev–Trinajstić information content (AvgIpc) is 2.52. The van der Waals surface area contributed by atoms with Crippen LogP contribution in [0.25, 0.3) is 0 Å². The lowest BCUT2D eigenvalue weighted by Crippen LogP contribution is -2.45. The van der Waals surface area contributed by atoms with Crippen molar-refractivity contribution in [2.75, 3.05) is 7.11 Å². The van der Waals surface area contributed by atoms with Gasteiger partial charge in [-0.3, -0.25) is 4.79 Å². The van der Waals surface area contributed by atoms with Crippen LogP contribution in [-0.2, 0) is 20.7 Å². The number of rotatable bonds is 1. The highest BCUT2D eigenvalue weighted by atomic mass is 16.5. The number of carbonyl (C=O) groups excluding carboxylic acids is 2. The SMILES string of the molecule is COC(=O)C1Cc2cccc(c2)C(N)CCCC(C)C(=O)N1. The van der Waals surface area contributed by atoms with Crippen LogP contribution in [-0.4, -0.2) is 25.0 Å². The molecule has 120 valence electrons. The van der Waals surface area contributed by atoms with Crippen molar-refractivity contribution >= 4 is 11.9 Å². The molecule has 3 N–H and O–H groups in total. The Kier molecular flexibility index (Phi) is 5.55. The molecule has 5 nitrogen and oxygen atoms in total. The van der Waals surface area contributed by atoms with Gasteiger partial charge in [0.05, 0.1) is 7.11 Å². The van der Waals surface area contributed by atoms with E-state index in [0.717, 1.165) is 30.4 Å². The van der Waals surface area contributed by atoms with Crippen LogP contribution in [0.15, 0.2) is 24.3 Å². The quantitative estimate of drug-likeness (QED) is 0.774. The molecule has 0 saturated heterocycles. The largest absolute Gasteiger partial charge is 0.467 e. The predicted molar refractivity (Wildman–Crippen MR) is 84.0 cm³/mol. The molecule has 0 spiro atoms. The smallest absolute Gasteiger partial charge is 0.328 e. The maximum atomic E-state index is 12.2. The number of esters is 1. The van der Waals surface area contributed by atoms with Crippen LogP contribution in [0.5, 0.6) is 0 Å². The molecule has 2 rings (SSSR count). The van der Waals surface area contributed by atoms with E-state index in [4.69, 9.17) is 10.5 Å². The first-order valence-electron chi connectivity index (χ1n) is 7.74. The van der Waals surface area contributed by atoms with Gasteiger partial charge in [-0.05, 0) is 24.0 Å². The summed E-state index contributed by atoms with van der Waals surface area (Å²) in [4.78, 5) is 24.2. The zero-order valence-electron chi connectivity index (χ0n) is 13.2. The minimum Gasteiger partial charge on any atom is -0.467 e. The Morgan fingerprint density at radius 3 is 2.86 bits per heavy atom. The van der Waals surface area contributed by atoms with E-state index < -0.39 is 12.0 Å². The molecule has 1 aliphatic rings. The molecule has 1 amide bonds. The topological polar surface area (TPSA) is 81.4 Å². The molecule has 1 heterocycles. The Morgan fingerprint density at radius 2 is 2.14 bits per heavy atom. The zero-order valence-corrected chi connectivity index (χ0v) is 13.2. The maximum Gasteiger partial charge on any atom is 0.328 e. The van der Waals surface area contributed by atoms with Crippen LogP contribution < -0.4 is 11.1 Å². The first kappa shape index (κ1) is 16.5. The second-order valence-corrected chi connectivity index (χ2v) is 5.97. The van der Waals surface area contributed by atoms with Gasteiger partial charge in [-0.25, -0.2) is 4.79 Å². The molecule has 0 fully saturated rings. The van der Waals surface area contributed by atoms with E-state index in [1.165, 1.54) is 7.11 Å². The lowest BCUT2D eigenvalue weighted by atomic mass is 9.93. The highest BCUT2D eigenvalue weighted by Gasteiger charge is 2.25. The summed E-state index contributed by atoms with van der Waals surface area (Å²) in [5, 5.41) is 2.81. The zero-order chi connectivity index (χ0) is 16.1. The third-order valence-electron chi connectivity index (χ3n) is 4.22. The number of fused-ring (bicyclic) bond motifs is 2. The predicted octanol–water partition coefficient (Wildman–Crippen LogP) is 1.71. The van der Waals surface area contributed by atoms with Gasteiger partial charge in [-0.2, -0.15) is 0 Å². The second kappa shape index (κ2) is 7.40. The molecule has 3 atom stereocenters. The van der Waals surface area contributed by atoms with Crippen molar-refractivity contribution in [2.24, 2.45) is 11.7 Å². The summed E-state index contributed by atoms with van der Waals surface area (Å²) in [6, 6.07) is 7.20. The summed E-state index contributed by atoms with van der Waals surface area (Å²) < 4.78 is 4.81. The minimum absolute atomic E-state index is 0.0359. The van der Waals surface area contributed by atoms with Crippen molar-refractivity contribution in [3.63, 3.8) is 0 Å². The summed E-state index contributed by atoms with van der Waals surface area (Å²) in [5.74, 6) is -0.676. The fraction of sp³-hybridized carbons (Fsp3) is 0.529. The molecule has 0 aliphatic carbocycles. The summed E-state index contributed by atoms with van der Waals surface area (Å²) in [7, 11) is 1.33. The van der Waals surface area contributed by atoms with Gasteiger partial charge in [0.2, 0.25) is 5.91 Å². The summed E-state index contributed by atoms with van der Waals surface area (Å²) >= 11 is 0. The van der Waals surface area contributed by atoms with Crippen molar-refractivity contribution in [3.05, 3.63) is 35.4 Å². The van der Waals surface area contributed by atoms with E-state index >= 15 is 0 Å². The third-order valence-corrected chi connectivity index (χ3v) is 4.22. The maximum absolute atomic E-state index is 12.2. The third kappa shape index (κ3) is 4.07. The number of hydrogen-bond donors (Lipinski definition) is 2. The minimum atomic E-state index is -0.661. The summed E-state index contributed by atoms with van der Waals surface area (Å²) in [6.45, 7) is 1.88. The van der Waals surface area contributed by atoms with Gasteiger partial charge in [-0.15, -0.1) is 0 Å². The van der Waals surface area contributed by atoms with Gasteiger partial charge < -0.3 is 15.8 Å². The molecule has 1 aliphatic heterocycles. The van der Waals surface area contributed by atoms with Gasteiger partial charge in [0.1, 0.15) is 6.04 Å². The fourth-order valence-electron chi connectivity index (χ4n) is 2.78. The van der Waals surface area contributed by atoms with Gasteiger partial charge >= 0.3 is 5.97 Å². The van der Waals surface area contributed by atoms with Crippen molar-refractivity contribution in [3.8, 4) is 0 Å². The van der Waals surface area contributed by atoms with E-state index in [1.807, 2.05) is 31.2 Å². The van der Waals surface area contributed by atoms with Crippen LogP contribution in [0.4, 0.5) is 0 Å². The Labute approximate surface area is 131 Å². The second-order valence-electron chi connectivity index (χ2n) is 5.97. The number of benzene rings is 1. The van der Waals surface area contributed by atoms with Crippen LogP contribution >= 0.6 is 0 Å². The number of hydrogen-bond acceptors (Lipinski definition) is 4. The van der Waals surface area contributed by atoms with E-state index in [1.54, 1.807) is 0 Å². The lowest BCUT2D eigenvalue weighted by molar-refractivity contribution is -0.145. The van der Waals surface area contributed by atoms with Crippen molar-refractivity contribution in [1.82, 2.24) is 5.32 Å². The highest BCUT2D eigenvalue weighted by Crippen LogP contribution is 2.21. The van der Waals surface area contributed by atoms with Gasteiger partial charge in [0.25, 0.3) is 0 Å². The molecule has 2 bridgehead atoms. The number of ether oxygens (including phenoxy) is 1. The van der Waals surface area contributed by atoms with Crippen LogP contribution in [0.1, 0.15) is 43.4 Å². The number of carbonyl (C=O) groups is 2. The van der Waals surface area contributed by atoms with E-state index in [9.17, 15) is 9.59 Å². The molecule has 1 aromatic carbocycles. The molecular formula is C17H24N2O3. The van der Waals surface area contributed by atoms with E-state index in [0.29, 0.717) is 6.42 Å². The average molecular weight is 304 g/mol. The fourth-order valence-corrected chi connectivity index (χ4v) is 2.78. The Morgan fingerprint density at radius 1 is 1.36 bits per heavy atom. The Hall–Kier alpha value is -1.88. The normalized spacial score (nSPS) is 26.3. The molecule has 0 saturated carbocycles. The molecule has 5 heteroatoms. The van der Waals surface area contributed by atoms with Crippen LogP contribution in [0, 0.1) is 5.92 Å². The highest BCUT2D eigenvalue weighted by molar-refractivity contribution is 5.85. The van der Waals surface area contributed by atoms with Crippen molar-refractivity contribution in [2.45, 2.75) is 44.7 Å². The number of methoxy groups -OCH3 is 1. The van der Waals surface area contributed by atoms with E-state index in [-0.39, 0.29) is 17.9 Å². The molecule has 3 unspecified atom stereocenters. The monoisotopic (exact) mass is 304 g/mol. The number of nitrogens with two attached hydrogens (primary N) is 1. The van der Waals surface area contributed by atoms with Gasteiger partial charge in [-0.1, -0.05) is 37.6 Å². The number of nitrogens with one attached hydrogen (secondary N) is 1. The van der Waals surface area contributed by atoms with Crippen molar-refractivity contribution in [1.29, 1.82) is 0 Å². The molecule has 1 aromatic rings. The number of amides is 1. The molecule has 0 radical (unpaired) electrons. The molecule has 22 heavy (non-hydrogen) atoms. The van der Waals surface area contributed by atoms with Crippen LogP contribution in [0.3, 0.4) is 0 Å². The Bertz CT molecular complexity index is 544. The Balaban J connectivity index is 2.30. The van der Waals surface area contributed by atoms with Crippen molar-refractivity contribution < 1.29 is 14.3 Å². The summed E-state index contributed by atoms with van der Waals surface area (Å²) in [6.07, 6.45) is 2.89. The first-order valence-corrected chi connectivity index (χ1v) is 7.74. The summed E-state index contributed by atoms with van der Waals surface area (Å²) in [5.41, 5.74) is 8.27. The van der Waals surface area contributed by atoms with E-state index in [2.05, 4.69) is 5.32 Å².